The van der Waals surface area contributed by atoms with E-state index in [9.17, 15) is 0 Å². The van der Waals surface area contributed by atoms with Gasteiger partial charge in [-0.1, -0.05) is 36.4 Å². The minimum absolute atomic E-state index is 1.23. The predicted octanol–water partition coefficient (Wildman–Crippen LogP) is 5.80. The molecule has 0 amide bonds. The Hall–Kier alpha value is -3.39. The van der Waals surface area contributed by atoms with E-state index in [2.05, 4.69) is 115 Å². The van der Waals surface area contributed by atoms with Gasteiger partial charge in [0.05, 0.1) is 0 Å². The van der Waals surface area contributed by atoms with Gasteiger partial charge in [-0.05, 0) is 53.6 Å². The molecule has 2 heteroatoms. The van der Waals surface area contributed by atoms with Crippen LogP contribution in [0.25, 0.3) is 44.2 Å². The number of benzene rings is 3. The Morgan fingerprint density at radius 2 is 1.43 bits per heavy atom. The summed E-state index contributed by atoms with van der Waals surface area (Å²) in [5, 5.41) is 3.85. The molecule has 0 unspecified atom stereocenters. The van der Waals surface area contributed by atoms with E-state index in [0.717, 1.165) is 0 Å². The van der Waals surface area contributed by atoms with Crippen LogP contribution in [0.2, 0.25) is 0 Å². The predicted molar refractivity (Wildman–Crippen MR) is 117 cm³/mol. The minimum Gasteiger partial charge on any atom is -0.344 e. The van der Waals surface area contributed by atoms with Crippen LogP contribution in [-0.4, -0.2) is 4.57 Å². The Morgan fingerprint density at radius 3 is 2.21 bits per heavy atom. The van der Waals surface area contributed by atoms with Crippen molar-refractivity contribution in [2.45, 2.75) is 6.92 Å². The third kappa shape index (κ3) is 2.53. The van der Waals surface area contributed by atoms with Crippen molar-refractivity contribution in [1.29, 1.82) is 0 Å². The van der Waals surface area contributed by atoms with Crippen LogP contribution in [0.15, 0.2) is 85.1 Å². The SMILES string of the molecule is Cc1c(-c2cc3cc4ccccc4cc3n2C)cccc1-c1cccc[n+]1C. The summed E-state index contributed by atoms with van der Waals surface area (Å²) in [6.07, 6.45) is 2.10. The number of hydrogen-bond donors (Lipinski definition) is 0. The average Bonchev–Trinajstić information content (AvgIpc) is 3.03. The first kappa shape index (κ1) is 16.8. The molecule has 0 fully saturated rings. The van der Waals surface area contributed by atoms with Gasteiger partial charge in [-0.3, -0.25) is 0 Å². The van der Waals surface area contributed by atoms with Crippen molar-refractivity contribution in [3.63, 3.8) is 0 Å². The average molecular weight is 363 g/mol. The first-order chi connectivity index (χ1) is 13.6. The van der Waals surface area contributed by atoms with E-state index in [1.165, 1.54) is 49.8 Å². The summed E-state index contributed by atoms with van der Waals surface area (Å²) in [5.41, 5.74) is 7.61. The lowest BCUT2D eigenvalue weighted by Crippen LogP contribution is -2.30. The molecule has 2 heterocycles. The van der Waals surface area contributed by atoms with Crippen molar-refractivity contribution >= 4 is 21.7 Å². The zero-order valence-electron chi connectivity index (χ0n) is 16.5. The van der Waals surface area contributed by atoms with E-state index < -0.39 is 0 Å². The monoisotopic (exact) mass is 363 g/mol. The molecule has 5 aromatic rings. The Morgan fingerprint density at radius 1 is 0.714 bits per heavy atom. The molecule has 2 nitrogen and oxygen atoms in total. The second-order valence-electron chi connectivity index (χ2n) is 7.52. The molecule has 0 spiro atoms. The summed E-state index contributed by atoms with van der Waals surface area (Å²) in [7, 11) is 4.27. The first-order valence-corrected chi connectivity index (χ1v) is 9.67. The summed E-state index contributed by atoms with van der Waals surface area (Å²) in [6, 6.07) is 28.4. The van der Waals surface area contributed by atoms with Gasteiger partial charge < -0.3 is 4.57 Å². The third-order valence-corrected chi connectivity index (χ3v) is 5.85. The van der Waals surface area contributed by atoms with E-state index >= 15 is 0 Å². The fourth-order valence-corrected chi connectivity index (χ4v) is 4.28. The van der Waals surface area contributed by atoms with Crippen LogP contribution in [0, 0.1) is 6.92 Å². The maximum atomic E-state index is 2.32. The first-order valence-electron chi connectivity index (χ1n) is 9.67. The molecule has 0 N–H and O–H groups in total. The summed E-state index contributed by atoms with van der Waals surface area (Å²) in [4.78, 5) is 0. The molecule has 0 atom stereocenters. The number of nitrogens with zero attached hydrogens (tertiary/aromatic N) is 2. The van der Waals surface area contributed by atoms with Gasteiger partial charge >= 0.3 is 0 Å². The Labute approximate surface area is 165 Å². The second-order valence-corrected chi connectivity index (χ2v) is 7.52. The largest absolute Gasteiger partial charge is 0.344 e. The molecule has 3 aromatic carbocycles. The summed E-state index contributed by atoms with van der Waals surface area (Å²) in [5.74, 6) is 0. The van der Waals surface area contributed by atoms with Crippen LogP contribution in [0.4, 0.5) is 0 Å². The topological polar surface area (TPSA) is 8.81 Å². The molecule has 5 rings (SSSR count). The molecular weight excluding hydrogens is 340 g/mol. The normalized spacial score (nSPS) is 11.4. The van der Waals surface area contributed by atoms with E-state index in [0.29, 0.717) is 0 Å². The lowest BCUT2D eigenvalue weighted by molar-refractivity contribution is -0.660. The van der Waals surface area contributed by atoms with Crippen molar-refractivity contribution in [3.8, 4) is 22.5 Å². The third-order valence-electron chi connectivity index (χ3n) is 5.85. The summed E-state index contributed by atoms with van der Waals surface area (Å²) in [6.45, 7) is 2.23. The van der Waals surface area contributed by atoms with Gasteiger partial charge in [0.25, 0.3) is 0 Å². The van der Waals surface area contributed by atoms with Gasteiger partial charge in [-0.2, -0.15) is 0 Å². The Balaban J connectivity index is 1.74. The zero-order chi connectivity index (χ0) is 19.3. The van der Waals surface area contributed by atoms with Crippen LogP contribution in [-0.2, 0) is 14.1 Å². The molecule has 0 radical (unpaired) electrons. The highest BCUT2D eigenvalue weighted by molar-refractivity contribution is 5.99. The lowest BCUT2D eigenvalue weighted by atomic mass is 9.97. The maximum Gasteiger partial charge on any atom is 0.212 e. The summed E-state index contributed by atoms with van der Waals surface area (Å²) >= 11 is 0. The number of aryl methyl sites for hydroxylation is 2. The standard InChI is InChI=1S/C26H23N2/c1-18-22(24-13-6-7-14-27(24)2)11-8-12-23(18)26-17-21-15-19-9-4-5-10-20(19)16-25(21)28(26)3/h4-17H,1-3H3/q+1. The van der Waals surface area contributed by atoms with Crippen molar-refractivity contribution in [1.82, 2.24) is 4.57 Å². The van der Waals surface area contributed by atoms with E-state index in [1.54, 1.807) is 0 Å². The van der Waals surface area contributed by atoms with Gasteiger partial charge in [0.1, 0.15) is 7.05 Å². The second kappa shape index (κ2) is 6.35. The molecule has 136 valence electrons. The van der Waals surface area contributed by atoms with Crippen LogP contribution < -0.4 is 4.57 Å². The number of rotatable bonds is 2. The molecule has 0 saturated carbocycles. The Bertz CT molecular complexity index is 1340. The smallest absolute Gasteiger partial charge is 0.212 e. The number of aromatic nitrogens is 2. The molecule has 0 aliphatic rings. The van der Waals surface area contributed by atoms with Crippen LogP contribution in [0.3, 0.4) is 0 Å². The van der Waals surface area contributed by atoms with Gasteiger partial charge in [-0.15, -0.1) is 0 Å². The highest BCUT2D eigenvalue weighted by atomic mass is 14.9. The fraction of sp³-hybridized carbons (Fsp3) is 0.115. The fourth-order valence-electron chi connectivity index (χ4n) is 4.28. The van der Waals surface area contributed by atoms with Gasteiger partial charge in [0.2, 0.25) is 5.69 Å². The van der Waals surface area contributed by atoms with Crippen molar-refractivity contribution in [2.24, 2.45) is 14.1 Å². The van der Waals surface area contributed by atoms with Gasteiger partial charge in [-0.25, -0.2) is 4.57 Å². The van der Waals surface area contributed by atoms with Crippen LogP contribution >= 0.6 is 0 Å². The molecule has 0 aliphatic heterocycles. The van der Waals surface area contributed by atoms with Crippen molar-refractivity contribution in [2.75, 3.05) is 0 Å². The molecule has 0 aliphatic carbocycles. The van der Waals surface area contributed by atoms with Crippen LogP contribution in [0.5, 0.6) is 0 Å². The zero-order valence-corrected chi connectivity index (χ0v) is 16.5. The molecule has 0 saturated heterocycles. The maximum absolute atomic E-state index is 2.32. The Kier molecular flexibility index (Phi) is 3.80. The molecule has 28 heavy (non-hydrogen) atoms. The molecule has 0 bridgehead atoms. The lowest BCUT2D eigenvalue weighted by Gasteiger charge is -2.11. The highest BCUT2D eigenvalue weighted by Crippen LogP contribution is 2.34. The van der Waals surface area contributed by atoms with Crippen LogP contribution in [0.1, 0.15) is 5.56 Å². The minimum atomic E-state index is 1.23. The van der Waals surface area contributed by atoms with E-state index in [1.807, 2.05) is 0 Å². The van der Waals surface area contributed by atoms with Gasteiger partial charge in [0.15, 0.2) is 6.20 Å². The number of pyridine rings is 1. The van der Waals surface area contributed by atoms with Gasteiger partial charge in [0, 0.05) is 46.9 Å². The van der Waals surface area contributed by atoms with E-state index in [-0.39, 0.29) is 0 Å². The van der Waals surface area contributed by atoms with Crippen molar-refractivity contribution < 1.29 is 4.57 Å². The highest BCUT2D eigenvalue weighted by Gasteiger charge is 2.17. The quantitative estimate of drug-likeness (QED) is 0.351. The number of fused-ring (bicyclic) bond motifs is 2. The molecule has 2 aromatic heterocycles. The number of hydrogen-bond acceptors (Lipinski definition) is 0. The molecular formula is C26H23N2+. The van der Waals surface area contributed by atoms with Crippen molar-refractivity contribution in [3.05, 3.63) is 90.6 Å². The van der Waals surface area contributed by atoms with E-state index in [4.69, 9.17) is 0 Å². The summed E-state index contributed by atoms with van der Waals surface area (Å²) < 4.78 is 4.50.